The molecular formula is C14H32N2. The Morgan fingerprint density at radius 2 is 1.75 bits per heavy atom. The Labute approximate surface area is 103 Å². The molecule has 0 radical (unpaired) electrons. The smallest absolute Gasteiger partial charge is 0.0220 e. The molecule has 0 saturated heterocycles. The highest BCUT2D eigenvalue weighted by atomic mass is 15.2. The van der Waals surface area contributed by atoms with Crippen LogP contribution in [0.25, 0.3) is 0 Å². The monoisotopic (exact) mass is 228 g/mol. The predicted octanol–water partition coefficient (Wildman–Crippen LogP) is 3.28. The Hall–Kier alpha value is -0.0800. The fourth-order valence-corrected chi connectivity index (χ4v) is 2.21. The molecule has 0 spiro atoms. The van der Waals surface area contributed by atoms with Crippen LogP contribution in [-0.2, 0) is 0 Å². The van der Waals surface area contributed by atoms with Gasteiger partial charge in [0, 0.05) is 18.6 Å². The van der Waals surface area contributed by atoms with E-state index >= 15 is 0 Å². The molecule has 1 unspecified atom stereocenters. The van der Waals surface area contributed by atoms with Crippen LogP contribution in [0.5, 0.6) is 0 Å². The van der Waals surface area contributed by atoms with Gasteiger partial charge in [-0.3, -0.25) is 4.90 Å². The first kappa shape index (κ1) is 15.9. The zero-order valence-electron chi connectivity index (χ0n) is 12.1. The van der Waals surface area contributed by atoms with E-state index in [1.54, 1.807) is 0 Å². The minimum absolute atomic E-state index is 0.667. The highest BCUT2D eigenvalue weighted by molar-refractivity contribution is 4.75. The van der Waals surface area contributed by atoms with Crippen LogP contribution in [0.2, 0.25) is 0 Å². The van der Waals surface area contributed by atoms with Gasteiger partial charge in [0.15, 0.2) is 0 Å². The molecule has 0 rings (SSSR count). The maximum absolute atomic E-state index is 3.48. The van der Waals surface area contributed by atoms with Gasteiger partial charge in [-0.25, -0.2) is 0 Å². The van der Waals surface area contributed by atoms with E-state index in [4.69, 9.17) is 0 Å². The van der Waals surface area contributed by atoms with Crippen molar-refractivity contribution >= 4 is 0 Å². The van der Waals surface area contributed by atoms with Crippen molar-refractivity contribution in [3.8, 4) is 0 Å². The first-order valence-corrected chi connectivity index (χ1v) is 7.13. The van der Waals surface area contributed by atoms with Crippen molar-refractivity contribution < 1.29 is 0 Å². The molecule has 1 atom stereocenters. The molecule has 0 saturated carbocycles. The molecule has 16 heavy (non-hydrogen) atoms. The van der Waals surface area contributed by atoms with Crippen LogP contribution in [0, 0.1) is 0 Å². The van der Waals surface area contributed by atoms with E-state index in [9.17, 15) is 0 Å². The molecule has 0 aliphatic heterocycles. The van der Waals surface area contributed by atoms with E-state index < -0.39 is 0 Å². The van der Waals surface area contributed by atoms with Crippen LogP contribution in [0.15, 0.2) is 0 Å². The Bertz CT molecular complexity index is 146. The van der Waals surface area contributed by atoms with Gasteiger partial charge >= 0.3 is 0 Å². The standard InChI is InChI=1S/C14H32N2/c1-6-9-10-11-16(13(4)5)14(7-2)12-15-8-3/h13-15H,6-12H2,1-5H3. The third-order valence-electron chi connectivity index (χ3n) is 3.25. The number of hydrogen-bond acceptors (Lipinski definition) is 2. The first-order valence-electron chi connectivity index (χ1n) is 7.13. The van der Waals surface area contributed by atoms with Crippen LogP contribution >= 0.6 is 0 Å². The summed E-state index contributed by atoms with van der Waals surface area (Å²) in [6, 6.07) is 1.37. The molecule has 0 heterocycles. The highest BCUT2D eigenvalue weighted by Crippen LogP contribution is 2.11. The average molecular weight is 228 g/mol. The molecular weight excluding hydrogens is 196 g/mol. The van der Waals surface area contributed by atoms with Gasteiger partial charge in [0.1, 0.15) is 0 Å². The number of nitrogens with zero attached hydrogens (tertiary/aromatic N) is 1. The molecule has 98 valence electrons. The summed E-state index contributed by atoms with van der Waals surface area (Å²) in [6.07, 6.45) is 5.27. The lowest BCUT2D eigenvalue weighted by Crippen LogP contribution is -2.46. The van der Waals surface area contributed by atoms with Crippen LogP contribution in [0.3, 0.4) is 0 Å². The minimum atomic E-state index is 0.667. The summed E-state index contributed by atoms with van der Waals surface area (Å²) in [7, 11) is 0. The van der Waals surface area contributed by atoms with Crippen LogP contribution in [-0.4, -0.2) is 36.6 Å². The molecule has 0 aliphatic carbocycles. The van der Waals surface area contributed by atoms with Crippen molar-refractivity contribution in [2.45, 2.75) is 72.4 Å². The average Bonchev–Trinajstić information content (AvgIpc) is 2.27. The summed E-state index contributed by atoms with van der Waals surface area (Å²) in [5.74, 6) is 0. The Kier molecular flexibility index (Phi) is 10.0. The second-order valence-electron chi connectivity index (χ2n) is 4.91. The maximum atomic E-state index is 3.48. The lowest BCUT2D eigenvalue weighted by molar-refractivity contribution is 0.143. The third-order valence-corrected chi connectivity index (χ3v) is 3.25. The fourth-order valence-electron chi connectivity index (χ4n) is 2.21. The summed E-state index contributed by atoms with van der Waals surface area (Å²) in [5.41, 5.74) is 0. The number of likely N-dealkylation sites (N-methyl/N-ethyl adjacent to an activating group) is 1. The van der Waals surface area contributed by atoms with Crippen molar-refractivity contribution in [2.75, 3.05) is 19.6 Å². The van der Waals surface area contributed by atoms with E-state index in [1.807, 2.05) is 0 Å². The normalized spacial score (nSPS) is 13.7. The van der Waals surface area contributed by atoms with Crippen molar-refractivity contribution in [2.24, 2.45) is 0 Å². The zero-order chi connectivity index (χ0) is 12.4. The van der Waals surface area contributed by atoms with Crippen molar-refractivity contribution in [3.63, 3.8) is 0 Å². The predicted molar refractivity (Wildman–Crippen MR) is 74.0 cm³/mol. The molecule has 0 fully saturated rings. The number of hydrogen-bond donors (Lipinski definition) is 1. The number of nitrogens with one attached hydrogen (secondary N) is 1. The molecule has 1 N–H and O–H groups in total. The topological polar surface area (TPSA) is 15.3 Å². The van der Waals surface area contributed by atoms with Crippen molar-refractivity contribution in [1.82, 2.24) is 10.2 Å². The van der Waals surface area contributed by atoms with Gasteiger partial charge in [0.25, 0.3) is 0 Å². The van der Waals surface area contributed by atoms with E-state index in [0.29, 0.717) is 12.1 Å². The quantitative estimate of drug-likeness (QED) is 0.577. The number of rotatable bonds is 10. The van der Waals surface area contributed by atoms with Crippen molar-refractivity contribution in [3.05, 3.63) is 0 Å². The van der Waals surface area contributed by atoms with E-state index in [0.717, 1.165) is 13.1 Å². The van der Waals surface area contributed by atoms with Gasteiger partial charge < -0.3 is 5.32 Å². The largest absolute Gasteiger partial charge is 0.315 e. The molecule has 0 amide bonds. The molecule has 0 aliphatic rings. The van der Waals surface area contributed by atoms with Gasteiger partial charge in [0.05, 0.1) is 0 Å². The minimum Gasteiger partial charge on any atom is -0.315 e. The summed E-state index contributed by atoms with van der Waals surface area (Å²) >= 11 is 0. The summed E-state index contributed by atoms with van der Waals surface area (Å²) in [6.45, 7) is 14.9. The Morgan fingerprint density at radius 1 is 1.06 bits per heavy atom. The van der Waals surface area contributed by atoms with Crippen LogP contribution in [0.4, 0.5) is 0 Å². The van der Waals surface area contributed by atoms with Gasteiger partial charge in [-0.2, -0.15) is 0 Å². The fraction of sp³-hybridized carbons (Fsp3) is 1.00. The molecule has 0 aromatic heterocycles. The SMILES string of the molecule is CCCCCN(C(C)C)C(CC)CNCC. The zero-order valence-corrected chi connectivity index (χ0v) is 12.1. The molecule has 2 nitrogen and oxygen atoms in total. The van der Waals surface area contributed by atoms with Gasteiger partial charge in [-0.05, 0) is 39.8 Å². The molecule has 0 aromatic rings. The Balaban J connectivity index is 4.12. The molecule has 0 aromatic carbocycles. The lowest BCUT2D eigenvalue weighted by Gasteiger charge is -2.34. The van der Waals surface area contributed by atoms with Gasteiger partial charge in [-0.15, -0.1) is 0 Å². The van der Waals surface area contributed by atoms with E-state index in [2.05, 4.69) is 44.8 Å². The van der Waals surface area contributed by atoms with Crippen LogP contribution < -0.4 is 5.32 Å². The summed E-state index contributed by atoms with van der Waals surface area (Å²) in [4.78, 5) is 2.66. The summed E-state index contributed by atoms with van der Waals surface area (Å²) in [5, 5.41) is 3.48. The molecule has 0 bridgehead atoms. The van der Waals surface area contributed by atoms with E-state index in [-0.39, 0.29) is 0 Å². The first-order chi connectivity index (χ1) is 7.67. The van der Waals surface area contributed by atoms with E-state index in [1.165, 1.54) is 32.2 Å². The summed E-state index contributed by atoms with van der Waals surface area (Å²) < 4.78 is 0. The second kappa shape index (κ2) is 10.1. The second-order valence-corrected chi connectivity index (χ2v) is 4.91. The maximum Gasteiger partial charge on any atom is 0.0220 e. The molecule has 2 heteroatoms. The van der Waals surface area contributed by atoms with Crippen LogP contribution in [0.1, 0.15) is 60.3 Å². The number of unbranched alkanes of at least 4 members (excludes halogenated alkanes) is 2. The Morgan fingerprint density at radius 3 is 2.19 bits per heavy atom. The lowest BCUT2D eigenvalue weighted by atomic mass is 10.1. The van der Waals surface area contributed by atoms with Crippen molar-refractivity contribution in [1.29, 1.82) is 0 Å². The third kappa shape index (κ3) is 6.49. The van der Waals surface area contributed by atoms with Gasteiger partial charge in [-0.1, -0.05) is 33.6 Å². The highest BCUT2D eigenvalue weighted by Gasteiger charge is 2.18. The van der Waals surface area contributed by atoms with Gasteiger partial charge in [0.2, 0.25) is 0 Å².